The minimum Gasteiger partial charge on any atom is -0.463 e. The van der Waals surface area contributed by atoms with Gasteiger partial charge in [0.15, 0.2) is 18.7 Å². The van der Waals surface area contributed by atoms with Gasteiger partial charge >= 0.3 is 25.7 Å². The number of hydrogen-bond acceptors (Lipinski definition) is 23. The van der Waals surface area contributed by atoms with E-state index in [1.54, 1.807) is 0 Å². The molecule has 2 saturated heterocycles. The van der Waals surface area contributed by atoms with Gasteiger partial charge in [0.05, 0.1) is 13.2 Å². The van der Waals surface area contributed by atoms with Crippen LogP contribution >= 0.6 is 7.82 Å². The number of unbranched alkanes of at least 4 members (excludes halogenated alkanes) is 31. The number of aliphatic hydroxyl groups is 10. The van der Waals surface area contributed by atoms with E-state index in [9.17, 15) is 74.9 Å². The zero-order valence-corrected chi connectivity index (χ0v) is 56.7. The molecular formula is C67H123O24P. The number of esters is 3. The van der Waals surface area contributed by atoms with E-state index < -0.39 is 156 Å². The molecule has 2 heterocycles. The van der Waals surface area contributed by atoms with Crippen molar-refractivity contribution in [1.29, 1.82) is 0 Å². The highest BCUT2D eigenvalue weighted by molar-refractivity contribution is 7.47. The van der Waals surface area contributed by atoms with E-state index in [1.807, 2.05) is 0 Å². The molecule has 0 aromatic carbocycles. The highest BCUT2D eigenvalue weighted by atomic mass is 31.2. The van der Waals surface area contributed by atoms with Crippen molar-refractivity contribution >= 4 is 25.7 Å². The lowest BCUT2D eigenvalue weighted by molar-refractivity contribution is -0.360. The second-order valence-electron chi connectivity index (χ2n) is 25.6. The Kier molecular flexibility index (Phi) is 45.7. The summed E-state index contributed by atoms with van der Waals surface area (Å²) < 4.78 is 64.8. The minimum absolute atomic E-state index is 0.0277. The molecule has 3 aliphatic rings. The van der Waals surface area contributed by atoms with Crippen molar-refractivity contribution in [2.45, 2.75) is 369 Å². The summed E-state index contributed by atoms with van der Waals surface area (Å²) in [5.74, 6) is -2.00. The van der Waals surface area contributed by atoms with Gasteiger partial charge < -0.3 is 89.1 Å². The van der Waals surface area contributed by atoms with Gasteiger partial charge in [0.2, 0.25) is 0 Å². The predicted molar refractivity (Wildman–Crippen MR) is 342 cm³/mol. The van der Waals surface area contributed by atoms with Crippen LogP contribution in [0.2, 0.25) is 0 Å². The molecule has 0 aromatic heterocycles. The lowest BCUT2D eigenvalue weighted by atomic mass is 9.84. The van der Waals surface area contributed by atoms with Crippen molar-refractivity contribution in [3.05, 3.63) is 12.2 Å². The van der Waals surface area contributed by atoms with Gasteiger partial charge in [0, 0.05) is 19.3 Å². The third-order valence-corrected chi connectivity index (χ3v) is 18.5. The van der Waals surface area contributed by atoms with Crippen molar-refractivity contribution < 1.29 is 117 Å². The summed E-state index contributed by atoms with van der Waals surface area (Å²) in [6.45, 7) is 3.38. The lowest BCUT2D eigenvalue weighted by Gasteiger charge is -2.49. The third-order valence-electron chi connectivity index (χ3n) is 17.5. The van der Waals surface area contributed by atoms with E-state index in [2.05, 4.69) is 32.9 Å². The first-order chi connectivity index (χ1) is 44.3. The zero-order chi connectivity index (χ0) is 67.5. The average molecular weight is 1340 g/mol. The van der Waals surface area contributed by atoms with Crippen LogP contribution in [0.25, 0.3) is 0 Å². The molecule has 11 N–H and O–H groups in total. The molecule has 0 bridgehead atoms. The van der Waals surface area contributed by atoms with E-state index >= 15 is 0 Å². The molecule has 3 fully saturated rings. The van der Waals surface area contributed by atoms with Gasteiger partial charge in [-0.1, -0.05) is 213 Å². The maximum Gasteiger partial charge on any atom is 0.472 e. The van der Waals surface area contributed by atoms with Crippen molar-refractivity contribution in [2.24, 2.45) is 0 Å². The van der Waals surface area contributed by atoms with Crippen LogP contribution < -0.4 is 0 Å². The molecule has 0 spiro atoms. The number of phosphoric ester groups is 1. The van der Waals surface area contributed by atoms with Gasteiger partial charge in [0.25, 0.3) is 0 Å². The molecule has 1 aliphatic carbocycles. The first-order valence-corrected chi connectivity index (χ1v) is 37.0. The minimum atomic E-state index is -5.69. The molecule has 1 saturated carbocycles. The lowest BCUT2D eigenvalue weighted by Crippen LogP contribution is -2.69. The number of aliphatic hydroxyl groups excluding tert-OH is 10. The van der Waals surface area contributed by atoms with Crippen LogP contribution in [0, 0.1) is 0 Å². The highest BCUT2D eigenvalue weighted by Crippen LogP contribution is 2.49. The Bertz CT molecular complexity index is 1970. The SMILES string of the molecule is CCCCCCCCC/C=C\CCCCCC(=O)OCC(COP(=O)(O)OC1C(OC2OC(CO)C(O)C(O)C2O)C(O)C(O)C(O)C1OC1OC(COC(=O)CCCCCCCCCCCCC)C(O)C(O)C1O)OC(=O)CCCCCCCCCCCCCC. The first-order valence-electron chi connectivity index (χ1n) is 35.5. The van der Waals surface area contributed by atoms with Crippen molar-refractivity contribution in [2.75, 3.05) is 26.4 Å². The van der Waals surface area contributed by atoms with E-state index in [1.165, 1.54) is 109 Å². The quantitative estimate of drug-likeness (QED) is 0.00894. The summed E-state index contributed by atoms with van der Waals surface area (Å²) in [6.07, 6.45) is 6.05. The Morgan fingerprint density at radius 2 is 0.761 bits per heavy atom. The molecule has 3 rings (SSSR count). The van der Waals surface area contributed by atoms with Gasteiger partial charge in [-0.05, 0) is 44.9 Å². The Morgan fingerprint density at radius 3 is 1.18 bits per heavy atom. The van der Waals surface area contributed by atoms with Gasteiger partial charge in [0.1, 0.15) is 98.7 Å². The van der Waals surface area contributed by atoms with Crippen molar-refractivity contribution in [1.82, 2.24) is 0 Å². The molecule has 24 nitrogen and oxygen atoms in total. The molecule has 2 aliphatic heterocycles. The molecule has 0 aromatic rings. The standard InChI is InChI=1S/C67H123O24P/c1-4-7-10-13-16-19-22-24-25-28-30-32-35-38-41-51(69)83-45-48(86-53(71)43-40-37-34-31-27-23-20-17-14-11-8-5-2)46-85-92(81,82)91-65-63(89-66-61(79)56(74)54(72)49(44-68)87-66)59(77)58(76)60(78)64(65)90-67-62(80)57(75)55(73)50(88-67)47-84-52(70)42-39-36-33-29-26-21-18-15-12-9-6-3/h25,28,48-50,54-68,72-80H,4-24,26-27,29-47H2,1-3H3,(H,81,82)/b28-25-. The predicted octanol–water partition coefficient (Wildman–Crippen LogP) is 8.40. The first kappa shape index (κ1) is 83.9. The van der Waals surface area contributed by atoms with Crippen LogP contribution in [-0.2, 0) is 61.2 Å². The summed E-state index contributed by atoms with van der Waals surface area (Å²) in [5, 5.41) is 110. The van der Waals surface area contributed by atoms with E-state index in [-0.39, 0.29) is 19.3 Å². The fourth-order valence-electron chi connectivity index (χ4n) is 11.7. The Morgan fingerprint density at radius 1 is 0.413 bits per heavy atom. The van der Waals surface area contributed by atoms with Crippen LogP contribution in [0.5, 0.6) is 0 Å². The maximum atomic E-state index is 14.3. The average Bonchev–Trinajstić information content (AvgIpc) is 0.769. The van der Waals surface area contributed by atoms with Crippen LogP contribution in [-0.4, -0.2) is 204 Å². The molecule has 25 heteroatoms. The van der Waals surface area contributed by atoms with Crippen LogP contribution in [0.4, 0.5) is 0 Å². The number of rotatable bonds is 54. The van der Waals surface area contributed by atoms with Gasteiger partial charge in [-0.2, -0.15) is 0 Å². The number of ether oxygens (including phenoxy) is 7. The monoisotopic (exact) mass is 1340 g/mol. The number of carbonyl (C=O) groups is 3. The molecule has 18 unspecified atom stereocenters. The molecule has 92 heavy (non-hydrogen) atoms. The summed E-state index contributed by atoms with van der Waals surface area (Å²) in [5.41, 5.74) is 0. The van der Waals surface area contributed by atoms with Gasteiger partial charge in [-0.15, -0.1) is 0 Å². The molecule has 0 radical (unpaired) electrons. The smallest absolute Gasteiger partial charge is 0.463 e. The summed E-state index contributed by atoms with van der Waals surface area (Å²) in [7, 11) is -5.69. The van der Waals surface area contributed by atoms with Crippen molar-refractivity contribution in [3.63, 3.8) is 0 Å². The summed E-state index contributed by atoms with van der Waals surface area (Å²) >= 11 is 0. The van der Waals surface area contributed by atoms with Gasteiger partial charge in [-0.25, -0.2) is 4.57 Å². The Balaban J connectivity index is 1.77. The molecule has 18 atom stereocenters. The fraction of sp³-hybridized carbons (Fsp3) is 0.925. The largest absolute Gasteiger partial charge is 0.472 e. The third kappa shape index (κ3) is 33.8. The normalized spacial score (nSPS) is 28.7. The maximum absolute atomic E-state index is 14.3. The Hall–Kier alpha value is -2.30. The number of allylic oxidation sites excluding steroid dienone is 2. The molecule has 0 amide bonds. The topological polar surface area (TPSA) is 374 Å². The van der Waals surface area contributed by atoms with Gasteiger partial charge in [-0.3, -0.25) is 23.4 Å². The summed E-state index contributed by atoms with van der Waals surface area (Å²) in [4.78, 5) is 50.8. The zero-order valence-electron chi connectivity index (χ0n) is 55.8. The summed E-state index contributed by atoms with van der Waals surface area (Å²) in [6, 6.07) is 0. The Labute approximate surface area is 548 Å². The van der Waals surface area contributed by atoms with E-state index in [0.717, 1.165) is 96.3 Å². The van der Waals surface area contributed by atoms with Crippen molar-refractivity contribution in [3.8, 4) is 0 Å². The van der Waals surface area contributed by atoms with E-state index in [4.69, 9.17) is 42.2 Å². The number of phosphoric acid groups is 1. The number of hydrogen-bond donors (Lipinski definition) is 11. The fourth-order valence-corrected chi connectivity index (χ4v) is 12.7. The second kappa shape index (κ2) is 50.1. The molecular weight excluding hydrogens is 1220 g/mol. The van der Waals surface area contributed by atoms with E-state index in [0.29, 0.717) is 19.3 Å². The second-order valence-corrected chi connectivity index (χ2v) is 27.0. The highest BCUT2D eigenvalue weighted by Gasteiger charge is 2.58. The number of carbonyl (C=O) groups excluding carboxylic acids is 3. The molecule has 540 valence electrons. The van der Waals surface area contributed by atoms with Crippen LogP contribution in [0.1, 0.15) is 265 Å². The van der Waals surface area contributed by atoms with Crippen LogP contribution in [0.3, 0.4) is 0 Å². The van der Waals surface area contributed by atoms with Crippen LogP contribution in [0.15, 0.2) is 12.2 Å².